The van der Waals surface area contributed by atoms with Crippen LogP contribution in [-0.4, -0.2) is 78.2 Å². The van der Waals surface area contributed by atoms with Gasteiger partial charge in [-0.3, -0.25) is 4.79 Å². The van der Waals surface area contributed by atoms with Gasteiger partial charge < -0.3 is 20.4 Å². The Morgan fingerprint density at radius 1 is 1.35 bits per heavy atom. The topological polar surface area (TPSA) is 124 Å². The number of nitrogens with zero attached hydrogens (tertiary/aromatic N) is 1. The van der Waals surface area contributed by atoms with Crippen molar-refractivity contribution >= 4 is 21.7 Å². The largest absolute Gasteiger partial charge is 0.480 e. The summed E-state index contributed by atoms with van der Waals surface area (Å²) in [6.45, 7) is 0.278. The number of carboxylic acids is 1. The molecular formula is C11H18N2O6S. The van der Waals surface area contributed by atoms with Crippen molar-refractivity contribution in [3.8, 4) is 0 Å². The summed E-state index contributed by atoms with van der Waals surface area (Å²) in [5.41, 5.74) is 0. The zero-order valence-electron chi connectivity index (χ0n) is 10.9. The van der Waals surface area contributed by atoms with Crippen LogP contribution in [0.25, 0.3) is 0 Å². The van der Waals surface area contributed by atoms with Crippen LogP contribution in [0.1, 0.15) is 12.8 Å². The molecular weight excluding hydrogens is 288 g/mol. The van der Waals surface area contributed by atoms with Gasteiger partial charge in [-0.25, -0.2) is 13.2 Å². The summed E-state index contributed by atoms with van der Waals surface area (Å²) < 4.78 is 23.0. The molecule has 0 aromatic carbocycles. The third kappa shape index (κ3) is 3.47. The van der Waals surface area contributed by atoms with Crippen LogP contribution in [0.5, 0.6) is 0 Å². The van der Waals surface area contributed by atoms with E-state index in [0.717, 1.165) is 4.90 Å². The van der Waals surface area contributed by atoms with Crippen molar-refractivity contribution in [2.75, 3.05) is 24.6 Å². The molecule has 8 nitrogen and oxygen atoms in total. The zero-order chi connectivity index (χ0) is 14.9. The Morgan fingerprint density at radius 2 is 2.05 bits per heavy atom. The van der Waals surface area contributed by atoms with E-state index in [9.17, 15) is 23.1 Å². The van der Waals surface area contributed by atoms with E-state index in [1.54, 1.807) is 0 Å². The van der Waals surface area contributed by atoms with Crippen molar-refractivity contribution < 1.29 is 28.2 Å². The van der Waals surface area contributed by atoms with E-state index in [0.29, 0.717) is 6.54 Å². The lowest BCUT2D eigenvalue weighted by Gasteiger charge is -2.27. The molecule has 2 aliphatic heterocycles. The molecule has 2 fully saturated rings. The molecule has 0 radical (unpaired) electrons. The molecule has 1 amide bonds. The Labute approximate surface area is 116 Å². The maximum atomic E-state index is 12.1. The number of amides is 1. The number of aliphatic hydroxyl groups is 1. The molecule has 0 aromatic rings. The number of aliphatic carboxylic acids is 1. The normalized spacial score (nSPS) is 33.0. The standard InChI is InChI=1S/C11H18N2O6S/c14-8-4-9(11(16)17)13(5-8)10(15)3-7-6-20(18,19)2-1-12-7/h7-9,12,14H,1-6H2,(H,16,17)/t7?,8-,9+/m1/s1. The SMILES string of the molecule is O=C(O)[C@@H]1C[C@@H](O)CN1C(=O)CC1CS(=O)(=O)CCN1. The molecule has 0 saturated carbocycles. The molecule has 0 bridgehead atoms. The second-order valence-electron chi connectivity index (χ2n) is 5.26. The Hall–Kier alpha value is -1.19. The van der Waals surface area contributed by atoms with Crippen LogP contribution in [0.15, 0.2) is 0 Å². The first kappa shape index (κ1) is 15.2. The van der Waals surface area contributed by atoms with Gasteiger partial charge in [0, 0.05) is 32.0 Å². The quantitative estimate of drug-likeness (QED) is 0.541. The van der Waals surface area contributed by atoms with Crippen LogP contribution >= 0.6 is 0 Å². The Bertz CT molecular complexity index is 505. The average molecular weight is 306 g/mol. The highest BCUT2D eigenvalue weighted by atomic mass is 32.2. The highest BCUT2D eigenvalue weighted by molar-refractivity contribution is 7.91. The molecule has 0 aliphatic carbocycles. The number of likely N-dealkylation sites (tertiary alicyclic amines) is 1. The maximum absolute atomic E-state index is 12.1. The minimum Gasteiger partial charge on any atom is -0.480 e. The van der Waals surface area contributed by atoms with Crippen LogP contribution in [0.3, 0.4) is 0 Å². The molecule has 3 atom stereocenters. The van der Waals surface area contributed by atoms with Crippen LogP contribution in [0.2, 0.25) is 0 Å². The first-order chi connectivity index (χ1) is 9.28. The highest BCUT2D eigenvalue weighted by Crippen LogP contribution is 2.20. The predicted molar refractivity (Wildman–Crippen MR) is 68.8 cm³/mol. The number of sulfone groups is 1. The van der Waals surface area contributed by atoms with Gasteiger partial charge in [0.1, 0.15) is 6.04 Å². The number of aliphatic hydroxyl groups excluding tert-OH is 1. The molecule has 20 heavy (non-hydrogen) atoms. The minimum absolute atomic E-state index is 0.0114. The number of carboxylic acid groups (broad SMARTS) is 1. The lowest BCUT2D eigenvalue weighted by Crippen LogP contribution is -2.49. The lowest BCUT2D eigenvalue weighted by molar-refractivity contribution is -0.148. The third-order valence-electron chi connectivity index (χ3n) is 3.61. The minimum atomic E-state index is -3.14. The smallest absolute Gasteiger partial charge is 0.326 e. The summed E-state index contributed by atoms with van der Waals surface area (Å²) in [5, 5.41) is 21.5. The van der Waals surface area contributed by atoms with Gasteiger partial charge in [-0.15, -0.1) is 0 Å². The molecule has 0 aromatic heterocycles. The van der Waals surface area contributed by atoms with Crippen molar-refractivity contribution in [2.45, 2.75) is 31.0 Å². The van der Waals surface area contributed by atoms with Gasteiger partial charge in [-0.1, -0.05) is 0 Å². The van der Waals surface area contributed by atoms with Gasteiger partial charge >= 0.3 is 5.97 Å². The first-order valence-electron chi connectivity index (χ1n) is 6.42. The predicted octanol–water partition coefficient (Wildman–Crippen LogP) is -2.19. The molecule has 2 saturated heterocycles. The number of nitrogens with one attached hydrogen (secondary N) is 1. The monoisotopic (exact) mass is 306 g/mol. The molecule has 2 aliphatic rings. The van der Waals surface area contributed by atoms with Gasteiger partial charge in [0.25, 0.3) is 0 Å². The Morgan fingerprint density at radius 3 is 2.65 bits per heavy atom. The molecule has 3 N–H and O–H groups in total. The van der Waals surface area contributed by atoms with Crippen LogP contribution < -0.4 is 5.32 Å². The fourth-order valence-electron chi connectivity index (χ4n) is 2.65. The van der Waals surface area contributed by atoms with Crippen molar-refractivity contribution in [1.29, 1.82) is 0 Å². The van der Waals surface area contributed by atoms with Crippen LogP contribution in [0.4, 0.5) is 0 Å². The summed E-state index contributed by atoms with van der Waals surface area (Å²) in [6.07, 6.45) is -0.907. The number of hydrogen-bond acceptors (Lipinski definition) is 6. The van der Waals surface area contributed by atoms with E-state index in [1.165, 1.54) is 0 Å². The van der Waals surface area contributed by atoms with E-state index >= 15 is 0 Å². The van der Waals surface area contributed by atoms with Gasteiger partial charge in [0.15, 0.2) is 9.84 Å². The van der Waals surface area contributed by atoms with Crippen LogP contribution in [0, 0.1) is 0 Å². The lowest BCUT2D eigenvalue weighted by atomic mass is 10.1. The second-order valence-corrected chi connectivity index (χ2v) is 7.49. The summed E-state index contributed by atoms with van der Waals surface area (Å²) >= 11 is 0. The number of β-amino-alcohol motifs (C(OH)–C–C–N with tert-alkyl or cyclic N) is 1. The molecule has 114 valence electrons. The maximum Gasteiger partial charge on any atom is 0.326 e. The first-order valence-corrected chi connectivity index (χ1v) is 8.25. The fraction of sp³-hybridized carbons (Fsp3) is 0.818. The van der Waals surface area contributed by atoms with Crippen molar-refractivity contribution in [1.82, 2.24) is 10.2 Å². The Balaban J connectivity index is 1.99. The Kier molecular flexibility index (Phi) is 4.31. The van der Waals surface area contributed by atoms with E-state index in [4.69, 9.17) is 5.11 Å². The van der Waals surface area contributed by atoms with Gasteiger partial charge in [-0.05, 0) is 0 Å². The van der Waals surface area contributed by atoms with Crippen LogP contribution in [-0.2, 0) is 19.4 Å². The molecule has 2 heterocycles. The number of carbonyl (C=O) groups excluding carboxylic acids is 1. The van der Waals surface area contributed by atoms with Crippen molar-refractivity contribution in [2.24, 2.45) is 0 Å². The van der Waals surface area contributed by atoms with Crippen molar-refractivity contribution in [3.63, 3.8) is 0 Å². The number of carbonyl (C=O) groups is 2. The van der Waals surface area contributed by atoms with Gasteiger partial charge in [-0.2, -0.15) is 0 Å². The second kappa shape index (κ2) is 5.66. The van der Waals surface area contributed by atoms with E-state index in [-0.39, 0.29) is 30.9 Å². The number of hydrogen-bond donors (Lipinski definition) is 3. The fourth-order valence-corrected chi connectivity index (χ4v) is 4.09. The highest BCUT2D eigenvalue weighted by Gasteiger charge is 2.39. The number of rotatable bonds is 3. The molecule has 0 spiro atoms. The zero-order valence-corrected chi connectivity index (χ0v) is 11.7. The molecule has 2 rings (SSSR count). The van der Waals surface area contributed by atoms with E-state index in [1.807, 2.05) is 0 Å². The summed E-state index contributed by atoms with van der Waals surface area (Å²) in [6, 6.07) is -1.52. The van der Waals surface area contributed by atoms with Gasteiger partial charge in [0.2, 0.25) is 5.91 Å². The molecule has 9 heteroatoms. The summed E-state index contributed by atoms with van der Waals surface area (Å²) in [7, 11) is -3.14. The molecule has 1 unspecified atom stereocenters. The average Bonchev–Trinajstić information content (AvgIpc) is 2.70. The van der Waals surface area contributed by atoms with Crippen molar-refractivity contribution in [3.05, 3.63) is 0 Å². The van der Waals surface area contributed by atoms with Gasteiger partial charge in [0.05, 0.1) is 17.6 Å². The van der Waals surface area contributed by atoms with E-state index < -0.39 is 39.9 Å². The summed E-state index contributed by atoms with van der Waals surface area (Å²) in [5.74, 6) is -1.66. The summed E-state index contributed by atoms with van der Waals surface area (Å²) in [4.78, 5) is 24.3. The third-order valence-corrected chi connectivity index (χ3v) is 5.34. The van der Waals surface area contributed by atoms with E-state index in [2.05, 4.69) is 5.32 Å².